The molecular formula is C10H13NO. The van der Waals surface area contributed by atoms with E-state index in [1.807, 2.05) is 18.3 Å². The van der Waals surface area contributed by atoms with Crippen molar-refractivity contribution in [2.24, 2.45) is 4.99 Å². The SMILES string of the molecule is CCCN=Cc1ccc(O)cc1. The van der Waals surface area contributed by atoms with E-state index in [1.165, 1.54) is 0 Å². The van der Waals surface area contributed by atoms with Crippen LogP contribution < -0.4 is 0 Å². The highest BCUT2D eigenvalue weighted by molar-refractivity contribution is 5.79. The largest absolute Gasteiger partial charge is 0.508 e. The lowest BCUT2D eigenvalue weighted by atomic mass is 10.2. The second kappa shape index (κ2) is 4.54. The van der Waals surface area contributed by atoms with Gasteiger partial charge in [-0.1, -0.05) is 6.92 Å². The first-order chi connectivity index (χ1) is 5.83. The molecule has 64 valence electrons. The van der Waals surface area contributed by atoms with Crippen LogP contribution in [0.2, 0.25) is 0 Å². The molecule has 0 saturated heterocycles. The van der Waals surface area contributed by atoms with Crippen LogP contribution in [0.5, 0.6) is 5.75 Å². The van der Waals surface area contributed by atoms with Gasteiger partial charge in [-0.15, -0.1) is 0 Å². The predicted octanol–water partition coefficient (Wildman–Crippen LogP) is 2.22. The standard InChI is InChI=1S/C10H13NO/c1-2-7-11-8-9-3-5-10(12)6-4-9/h3-6,8,12H,2,7H2,1H3. The van der Waals surface area contributed by atoms with Gasteiger partial charge >= 0.3 is 0 Å². The maximum Gasteiger partial charge on any atom is 0.115 e. The van der Waals surface area contributed by atoms with Gasteiger partial charge in [0.05, 0.1) is 0 Å². The number of benzene rings is 1. The molecule has 0 spiro atoms. The predicted molar refractivity (Wildman–Crippen MR) is 50.9 cm³/mol. The summed E-state index contributed by atoms with van der Waals surface area (Å²) in [4.78, 5) is 4.18. The lowest BCUT2D eigenvalue weighted by molar-refractivity contribution is 0.475. The fourth-order valence-corrected chi connectivity index (χ4v) is 0.859. The number of aromatic hydroxyl groups is 1. The third-order valence-corrected chi connectivity index (χ3v) is 1.49. The number of aliphatic imine (C=N–C) groups is 1. The van der Waals surface area contributed by atoms with Gasteiger partial charge in [0.25, 0.3) is 0 Å². The summed E-state index contributed by atoms with van der Waals surface area (Å²) in [5.74, 6) is 0.294. The van der Waals surface area contributed by atoms with E-state index >= 15 is 0 Å². The minimum atomic E-state index is 0.294. The van der Waals surface area contributed by atoms with Crippen molar-refractivity contribution >= 4 is 6.21 Å². The Morgan fingerprint density at radius 2 is 2.00 bits per heavy atom. The Kier molecular flexibility index (Phi) is 3.33. The maximum absolute atomic E-state index is 8.98. The summed E-state index contributed by atoms with van der Waals surface area (Å²) in [6.45, 7) is 2.95. The van der Waals surface area contributed by atoms with Crippen LogP contribution in [0.25, 0.3) is 0 Å². The van der Waals surface area contributed by atoms with E-state index in [2.05, 4.69) is 11.9 Å². The second-order valence-corrected chi connectivity index (χ2v) is 2.63. The van der Waals surface area contributed by atoms with Crippen LogP contribution in [0.15, 0.2) is 29.3 Å². The van der Waals surface area contributed by atoms with Gasteiger partial charge in [0.15, 0.2) is 0 Å². The molecule has 0 saturated carbocycles. The quantitative estimate of drug-likeness (QED) is 0.681. The second-order valence-electron chi connectivity index (χ2n) is 2.63. The van der Waals surface area contributed by atoms with E-state index in [4.69, 9.17) is 5.11 Å². The van der Waals surface area contributed by atoms with Crippen molar-refractivity contribution in [2.45, 2.75) is 13.3 Å². The molecule has 2 nitrogen and oxygen atoms in total. The van der Waals surface area contributed by atoms with Gasteiger partial charge < -0.3 is 5.11 Å². The van der Waals surface area contributed by atoms with Gasteiger partial charge in [-0.05, 0) is 36.2 Å². The molecule has 12 heavy (non-hydrogen) atoms. The molecule has 1 aromatic carbocycles. The number of phenolic OH excluding ortho intramolecular Hbond substituents is 1. The first-order valence-electron chi connectivity index (χ1n) is 4.12. The Labute approximate surface area is 72.6 Å². The van der Waals surface area contributed by atoms with Crippen LogP contribution in [-0.4, -0.2) is 17.9 Å². The third-order valence-electron chi connectivity index (χ3n) is 1.49. The molecule has 0 unspecified atom stereocenters. The summed E-state index contributed by atoms with van der Waals surface area (Å²) < 4.78 is 0. The molecule has 0 aliphatic heterocycles. The highest BCUT2D eigenvalue weighted by Crippen LogP contribution is 2.07. The molecule has 1 rings (SSSR count). The number of hydrogen-bond acceptors (Lipinski definition) is 2. The van der Waals surface area contributed by atoms with E-state index in [0.29, 0.717) is 5.75 Å². The molecule has 2 heteroatoms. The zero-order valence-electron chi connectivity index (χ0n) is 7.20. The maximum atomic E-state index is 8.98. The van der Waals surface area contributed by atoms with Crippen LogP contribution in [0.3, 0.4) is 0 Å². The third kappa shape index (κ3) is 2.74. The minimum Gasteiger partial charge on any atom is -0.508 e. The number of hydrogen-bond donors (Lipinski definition) is 1. The van der Waals surface area contributed by atoms with Crippen molar-refractivity contribution in [1.82, 2.24) is 0 Å². The number of phenols is 1. The van der Waals surface area contributed by atoms with Gasteiger partial charge in [-0.3, -0.25) is 4.99 Å². The Morgan fingerprint density at radius 1 is 1.33 bits per heavy atom. The highest BCUT2D eigenvalue weighted by atomic mass is 16.3. The Bertz CT molecular complexity index is 251. The van der Waals surface area contributed by atoms with Gasteiger partial charge in [0, 0.05) is 12.8 Å². The van der Waals surface area contributed by atoms with Crippen molar-refractivity contribution in [3.63, 3.8) is 0 Å². The zero-order chi connectivity index (χ0) is 8.81. The average Bonchev–Trinajstić information content (AvgIpc) is 2.09. The molecule has 0 heterocycles. The Balaban J connectivity index is 2.58. The number of rotatable bonds is 3. The summed E-state index contributed by atoms with van der Waals surface area (Å²) in [6, 6.07) is 7.00. The fourth-order valence-electron chi connectivity index (χ4n) is 0.859. The summed E-state index contributed by atoms with van der Waals surface area (Å²) >= 11 is 0. The van der Waals surface area contributed by atoms with Gasteiger partial charge in [0.1, 0.15) is 5.75 Å². The smallest absolute Gasteiger partial charge is 0.115 e. The molecule has 1 aromatic rings. The first kappa shape index (κ1) is 8.78. The molecule has 0 atom stereocenters. The molecule has 0 amide bonds. The van der Waals surface area contributed by atoms with Crippen LogP contribution >= 0.6 is 0 Å². The summed E-state index contributed by atoms with van der Waals surface area (Å²) in [6.07, 6.45) is 2.89. The van der Waals surface area contributed by atoms with E-state index in [9.17, 15) is 0 Å². The van der Waals surface area contributed by atoms with E-state index in [0.717, 1.165) is 18.5 Å². The van der Waals surface area contributed by atoms with E-state index < -0.39 is 0 Å². The van der Waals surface area contributed by atoms with Crippen LogP contribution in [0.1, 0.15) is 18.9 Å². The Hall–Kier alpha value is -1.31. The van der Waals surface area contributed by atoms with Crippen LogP contribution in [-0.2, 0) is 0 Å². The molecule has 0 aromatic heterocycles. The Morgan fingerprint density at radius 3 is 2.58 bits per heavy atom. The normalized spacial score (nSPS) is 10.8. The molecule has 0 radical (unpaired) electrons. The lowest BCUT2D eigenvalue weighted by Crippen LogP contribution is -1.81. The first-order valence-corrected chi connectivity index (χ1v) is 4.12. The van der Waals surface area contributed by atoms with Gasteiger partial charge in [-0.25, -0.2) is 0 Å². The average molecular weight is 163 g/mol. The van der Waals surface area contributed by atoms with Gasteiger partial charge in [-0.2, -0.15) is 0 Å². The molecule has 0 fully saturated rings. The van der Waals surface area contributed by atoms with Crippen molar-refractivity contribution in [3.8, 4) is 5.75 Å². The van der Waals surface area contributed by atoms with Crippen molar-refractivity contribution < 1.29 is 5.11 Å². The minimum absolute atomic E-state index is 0.294. The van der Waals surface area contributed by atoms with Crippen LogP contribution in [0.4, 0.5) is 0 Å². The molecule has 0 bridgehead atoms. The summed E-state index contributed by atoms with van der Waals surface area (Å²) in [5.41, 5.74) is 1.03. The lowest BCUT2D eigenvalue weighted by Gasteiger charge is -1.92. The summed E-state index contributed by atoms with van der Waals surface area (Å²) in [5, 5.41) is 8.98. The monoisotopic (exact) mass is 163 g/mol. The molecule has 0 aliphatic carbocycles. The molecular weight excluding hydrogens is 150 g/mol. The number of nitrogens with zero attached hydrogens (tertiary/aromatic N) is 1. The van der Waals surface area contributed by atoms with E-state index in [1.54, 1.807) is 12.1 Å². The van der Waals surface area contributed by atoms with Crippen molar-refractivity contribution in [3.05, 3.63) is 29.8 Å². The zero-order valence-corrected chi connectivity index (χ0v) is 7.20. The molecule has 0 aliphatic rings. The van der Waals surface area contributed by atoms with Gasteiger partial charge in [0.2, 0.25) is 0 Å². The van der Waals surface area contributed by atoms with Crippen molar-refractivity contribution in [1.29, 1.82) is 0 Å². The fraction of sp³-hybridized carbons (Fsp3) is 0.300. The molecule has 1 N–H and O–H groups in total. The van der Waals surface area contributed by atoms with E-state index in [-0.39, 0.29) is 0 Å². The summed E-state index contributed by atoms with van der Waals surface area (Å²) in [7, 11) is 0. The van der Waals surface area contributed by atoms with Crippen LogP contribution in [0, 0.1) is 0 Å². The highest BCUT2D eigenvalue weighted by Gasteiger charge is 1.87. The topological polar surface area (TPSA) is 32.6 Å². The van der Waals surface area contributed by atoms with Crippen molar-refractivity contribution in [2.75, 3.05) is 6.54 Å².